The first-order chi connectivity index (χ1) is 3.92. The Morgan fingerprint density at radius 1 is 1.33 bits per heavy atom. The molecular formula is C4H5Br3O2. The first kappa shape index (κ1) is 9.78. The molecule has 9 heavy (non-hydrogen) atoms. The first-order valence-electron chi connectivity index (χ1n) is 2.06. The molecule has 2 N–H and O–H groups in total. The summed E-state index contributed by atoms with van der Waals surface area (Å²) in [5.74, 6) is -0.669. The van der Waals surface area contributed by atoms with Crippen LogP contribution in [0.2, 0.25) is 0 Å². The zero-order valence-electron chi connectivity index (χ0n) is 4.31. The van der Waals surface area contributed by atoms with Gasteiger partial charge in [0.15, 0.2) is 0 Å². The van der Waals surface area contributed by atoms with Gasteiger partial charge in [-0.05, 0) is 6.08 Å². The lowest BCUT2D eigenvalue weighted by Crippen LogP contribution is -1.96. The predicted molar refractivity (Wildman–Crippen MR) is 47.5 cm³/mol. The molecule has 0 fully saturated rings. The highest BCUT2D eigenvalue weighted by molar-refractivity contribution is 9.39. The Balaban J connectivity index is 3.64. The largest absolute Gasteiger partial charge is 0.481 e. The normalized spacial score (nSPS) is 11.0. The van der Waals surface area contributed by atoms with Gasteiger partial charge in [0.2, 0.25) is 0 Å². The topological polar surface area (TPSA) is 40.5 Å². The Bertz CT molecular complexity index is 111. The van der Waals surface area contributed by atoms with E-state index in [0.717, 1.165) is 0 Å². The molecule has 0 heterocycles. The second kappa shape index (κ2) is 3.83. The van der Waals surface area contributed by atoms with E-state index in [1.54, 1.807) is 0 Å². The number of rotatable bonds is 1. The number of hydrogen-bond donors (Lipinski definition) is 2. The molecular weight excluding hydrogens is 320 g/mol. The SMILES string of the molecule is OC(O)=CCC(Br)(Br)Br. The number of allylic oxidation sites excluding steroid dienone is 1. The van der Waals surface area contributed by atoms with Crippen LogP contribution in [0.25, 0.3) is 0 Å². The number of halogens is 3. The molecule has 2 nitrogen and oxygen atoms in total. The van der Waals surface area contributed by atoms with Gasteiger partial charge in [-0.15, -0.1) is 0 Å². The smallest absolute Gasteiger partial charge is 0.269 e. The van der Waals surface area contributed by atoms with E-state index in [1.165, 1.54) is 6.08 Å². The highest BCUT2D eigenvalue weighted by atomic mass is 80.0. The lowest BCUT2D eigenvalue weighted by Gasteiger charge is -2.06. The van der Waals surface area contributed by atoms with Crippen molar-refractivity contribution in [2.75, 3.05) is 0 Å². The van der Waals surface area contributed by atoms with Crippen LogP contribution in [0.5, 0.6) is 0 Å². The van der Waals surface area contributed by atoms with Crippen molar-refractivity contribution in [2.45, 2.75) is 8.56 Å². The van der Waals surface area contributed by atoms with E-state index in [0.29, 0.717) is 6.42 Å². The van der Waals surface area contributed by atoms with Crippen molar-refractivity contribution in [2.24, 2.45) is 0 Å². The van der Waals surface area contributed by atoms with E-state index < -0.39 is 8.09 Å². The Labute approximate surface area is 78.3 Å². The van der Waals surface area contributed by atoms with Gasteiger partial charge in [-0.1, -0.05) is 47.8 Å². The summed E-state index contributed by atoms with van der Waals surface area (Å²) in [5.41, 5.74) is 0. The second-order valence-corrected chi connectivity index (χ2v) is 8.64. The highest BCUT2D eigenvalue weighted by Gasteiger charge is 2.15. The fourth-order valence-electron chi connectivity index (χ4n) is 0.207. The Morgan fingerprint density at radius 3 is 1.89 bits per heavy atom. The Hall–Kier alpha value is 0.780. The number of aliphatic hydroxyl groups excluding tert-OH is 1. The molecule has 54 valence electrons. The molecule has 0 amide bonds. The van der Waals surface area contributed by atoms with E-state index in [1.807, 2.05) is 0 Å². The van der Waals surface area contributed by atoms with E-state index in [4.69, 9.17) is 10.2 Å². The van der Waals surface area contributed by atoms with Crippen molar-refractivity contribution < 1.29 is 10.2 Å². The van der Waals surface area contributed by atoms with Crippen LogP contribution in [-0.4, -0.2) is 12.4 Å². The predicted octanol–water partition coefficient (Wildman–Crippen LogP) is 3.17. The summed E-state index contributed by atoms with van der Waals surface area (Å²) >= 11 is 9.52. The van der Waals surface area contributed by atoms with Crippen LogP contribution in [0.4, 0.5) is 0 Å². The average molecular weight is 325 g/mol. The maximum absolute atomic E-state index is 8.27. The minimum atomic E-state index is -0.669. The molecule has 5 heteroatoms. The van der Waals surface area contributed by atoms with Crippen LogP contribution < -0.4 is 0 Å². The van der Waals surface area contributed by atoms with Crippen LogP contribution in [0.3, 0.4) is 0 Å². The zero-order chi connectivity index (χ0) is 7.49. The number of aliphatic hydroxyl groups is 2. The summed E-state index contributed by atoms with van der Waals surface area (Å²) in [6.45, 7) is 0. The molecule has 0 rings (SSSR count). The highest BCUT2D eigenvalue weighted by Crippen LogP contribution is 2.37. The van der Waals surface area contributed by atoms with Crippen LogP contribution in [0.1, 0.15) is 6.42 Å². The molecule has 0 spiro atoms. The van der Waals surface area contributed by atoms with Gasteiger partial charge in [-0.3, -0.25) is 0 Å². The number of hydrogen-bond acceptors (Lipinski definition) is 2. The van der Waals surface area contributed by atoms with E-state index in [-0.39, 0.29) is 0 Å². The van der Waals surface area contributed by atoms with Crippen LogP contribution in [0.15, 0.2) is 12.0 Å². The van der Waals surface area contributed by atoms with Crippen molar-refractivity contribution >= 4 is 47.8 Å². The molecule has 0 aromatic rings. The molecule has 0 saturated heterocycles. The maximum Gasteiger partial charge on any atom is 0.269 e. The Morgan fingerprint density at radius 2 is 1.78 bits per heavy atom. The summed E-state index contributed by atoms with van der Waals surface area (Å²) < 4.78 is -0.427. The van der Waals surface area contributed by atoms with Gasteiger partial charge in [0.25, 0.3) is 5.95 Å². The van der Waals surface area contributed by atoms with Gasteiger partial charge >= 0.3 is 0 Å². The summed E-state index contributed by atoms with van der Waals surface area (Å²) in [4.78, 5) is 0. The zero-order valence-corrected chi connectivity index (χ0v) is 9.07. The third kappa shape index (κ3) is 8.78. The van der Waals surface area contributed by atoms with Gasteiger partial charge < -0.3 is 10.2 Å². The first-order valence-corrected chi connectivity index (χ1v) is 4.44. The summed E-state index contributed by atoms with van der Waals surface area (Å²) in [7, 11) is 0. The van der Waals surface area contributed by atoms with Gasteiger partial charge in [-0.2, -0.15) is 0 Å². The fraction of sp³-hybridized carbons (Fsp3) is 0.500. The Kier molecular flexibility index (Phi) is 4.16. The lowest BCUT2D eigenvalue weighted by molar-refractivity contribution is 0.189. The molecule has 0 unspecified atom stereocenters. The molecule has 0 aromatic heterocycles. The summed E-state index contributed by atoms with van der Waals surface area (Å²) in [5, 5.41) is 16.5. The second-order valence-electron chi connectivity index (χ2n) is 1.38. The van der Waals surface area contributed by atoms with E-state index in [9.17, 15) is 0 Å². The monoisotopic (exact) mass is 322 g/mol. The maximum atomic E-state index is 8.27. The average Bonchev–Trinajstić information content (AvgIpc) is 1.59. The van der Waals surface area contributed by atoms with Gasteiger partial charge in [0, 0.05) is 6.42 Å². The van der Waals surface area contributed by atoms with E-state index in [2.05, 4.69) is 47.8 Å². The molecule has 0 aliphatic rings. The quantitative estimate of drug-likeness (QED) is 0.574. The number of alkyl halides is 3. The van der Waals surface area contributed by atoms with Crippen molar-refractivity contribution in [1.29, 1.82) is 0 Å². The summed E-state index contributed by atoms with van der Waals surface area (Å²) in [6, 6.07) is 0. The van der Waals surface area contributed by atoms with Crippen molar-refractivity contribution in [3.63, 3.8) is 0 Å². The molecule has 0 saturated carbocycles. The van der Waals surface area contributed by atoms with E-state index >= 15 is 0 Å². The molecule has 0 radical (unpaired) electrons. The van der Waals surface area contributed by atoms with Gasteiger partial charge in [0.1, 0.15) is 2.14 Å². The lowest BCUT2D eigenvalue weighted by atomic mass is 10.5. The standard InChI is InChI=1S/C4H5Br3O2/c5-4(6,7)2-1-3(8)9/h1,8-9H,2H2. The fourth-order valence-corrected chi connectivity index (χ4v) is 0.693. The molecule has 0 aliphatic carbocycles. The minimum absolute atomic E-state index is 0.427. The van der Waals surface area contributed by atoms with Crippen LogP contribution in [-0.2, 0) is 0 Å². The molecule has 0 aromatic carbocycles. The van der Waals surface area contributed by atoms with Crippen molar-refractivity contribution in [3.05, 3.63) is 12.0 Å². The molecule has 0 bridgehead atoms. The summed E-state index contributed by atoms with van der Waals surface area (Å²) in [6.07, 6.45) is 1.70. The van der Waals surface area contributed by atoms with Crippen LogP contribution >= 0.6 is 47.8 Å². The minimum Gasteiger partial charge on any atom is -0.481 e. The third-order valence-corrected chi connectivity index (χ3v) is 1.49. The van der Waals surface area contributed by atoms with Crippen molar-refractivity contribution in [3.8, 4) is 0 Å². The van der Waals surface area contributed by atoms with Crippen molar-refractivity contribution in [1.82, 2.24) is 0 Å². The molecule has 0 atom stereocenters. The van der Waals surface area contributed by atoms with Gasteiger partial charge in [-0.25, -0.2) is 0 Å². The third-order valence-electron chi connectivity index (χ3n) is 0.516. The van der Waals surface area contributed by atoms with Gasteiger partial charge in [0.05, 0.1) is 0 Å². The molecule has 0 aliphatic heterocycles. The van der Waals surface area contributed by atoms with Crippen LogP contribution in [0, 0.1) is 0 Å².